The summed E-state index contributed by atoms with van der Waals surface area (Å²) in [5.41, 5.74) is 5.15. The van der Waals surface area contributed by atoms with E-state index in [1.54, 1.807) is 50.2 Å². The van der Waals surface area contributed by atoms with Crippen LogP contribution in [0.5, 0.6) is 0 Å². The van der Waals surface area contributed by atoms with E-state index in [1.165, 1.54) is 6.21 Å². The minimum absolute atomic E-state index is 0.359. The molecule has 2 aromatic rings. The summed E-state index contributed by atoms with van der Waals surface area (Å²) in [7, 11) is -3.63. The van der Waals surface area contributed by atoms with Crippen LogP contribution in [0.2, 0.25) is 5.02 Å². The SMILES string of the molecule is Cc1cccc(C)c1N(CC(=O)N/N=C\c1ccc(Cl)cc1)S(C)(=O)=O. The zero-order chi connectivity index (χ0) is 19.3. The van der Waals surface area contributed by atoms with Crippen LogP contribution in [0.4, 0.5) is 5.69 Å². The van der Waals surface area contributed by atoms with Gasteiger partial charge in [-0.25, -0.2) is 13.8 Å². The topological polar surface area (TPSA) is 78.8 Å². The summed E-state index contributed by atoms with van der Waals surface area (Å²) in [6, 6.07) is 12.3. The van der Waals surface area contributed by atoms with Crippen molar-refractivity contribution in [1.82, 2.24) is 5.43 Å². The van der Waals surface area contributed by atoms with E-state index in [4.69, 9.17) is 11.6 Å². The van der Waals surface area contributed by atoms with Crippen molar-refractivity contribution in [2.75, 3.05) is 17.1 Å². The average Bonchev–Trinajstić information content (AvgIpc) is 2.54. The zero-order valence-electron chi connectivity index (χ0n) is 14.7. The van der Waals surface area contributed by atoms with Gasteiger partial charge in [0.2, 0.25) is 10.0 Å². The largest absolute Gasteiger partial charge is 0.271 e. The lowest BCUT2D eigenvalue weighted by atomic mass is 10.1. The Bertz CT molecular complexity index is 905. The molecular weight excluding hydrogens is 374 g/mol. The molecule has 2 aromatic carbocycles. The smallest absolute Gasteiger partial charge is 0.260 e. The quantitative estimate of drug-likeness (QED) is 0.605. The first-order valence-electron chi connectivity index (χ1n) is 7.80. The number of carbonyl (C=O) groups is 1. The van der Waals surface area contributed by atoms with Gasteiger partial charge in [-0.1, -0.05) is 41.9 Å². The Morgan fingerprint density at radius 3 is 2.27 bits per heavy atom. The molecule has 0 aliphatic heterocycles. The van der Waals surface area contributed by atoms with E-state index in [2.05, 4.69) is 10.5 Å². The molecule has 0 saturated carbocycles. The van der Waals surface area contributed by atoms with Crippen LogP contribution in [0.15, 0.2) is 47.6 Å². The number of sulfonamides is 1. The summed E-state index contributed by atoms with van der Waals surface area (Å²) in [6.07, 6.45) is 2.53. The van der Waals surface area contributed by atoms with E-state index in [-0.39, 0.29) is 6.54 Å². The van der Waals surface area contributed by atoms with Crippen LogP contribution in [0.25, 0.3) is 0 Å². The summed E-state index contributed by atoms with van der Waals surface area (Å²) in [6.45, 7) is 3.25. The van der Waals surface area contributed by atoms with Crippen molar-refractivity contribution >= 4 is 39.4 Å². The Balaban J connectivity index is 2.14. The second-order valence-electron chi connectivity index (χ2n) is 5.85. The summed E-state index contributed by atoms with van der Waals surface area (Å²) >= 11 is 5.80. The number of carbonyl (C=O) groups excluding carboxylic acids is 1. The standard InChI is InChI=1S/C18H20ClN3O3S/c1-13-5-4-6-14(2)18(13)22(26(3,24)25)12-17(23)21-20-11-15-7-9-16(19)10-8-15/h4-11H,12H2,1-3H3,(H,21,23)/b20-11-. The molecule has 0 unspecified atom stereocenters. The first-order valence-corrected chi connectivity index (χ1v) is 10.0. The Morgan fingerprint density at radius 2 is 1.73 bits per heavy atom. The Hall–Kier alpha value is -2.38. The van der Waals surface area contributed by atoms with Crippen LogP contribution in [0.1, 0.15) is 16.7 Å². The molecule has 0 atom stereocenters. The minimum atomic E-state index is -3.63. The van der Waals surface area contributed by atoms with Crippen molar-refractivity contribution in [3.8, 4) is 0 Å². The van der Waals surface area contributed by atoms with Gasteiger partial charge in [-0.05, 0) is 42.7 Å². The maximum atomic E-state index is 12.2. The highest BCUT2D eigenvalue weighted by molar-refractivity contribution is 7.92. The molecule has 1 N–H and O–H groups in total. The molecule has 0 aliphatic rings. The molecule has 2 rings (SSSR count). The molecule has 1 amide bonds. The minimum Gasteiger partial charge on any atom is -0.271 e. The number of anilines is 1. The van der Waals surface area contributed by atoms with Gasteiger partial charge in [0.1, 0.15) is 6.54 Å². The number of halogens is 1. The van der Waals surface area contributed by atoms with Crippen LogP contribution in [0, 0.1) is 13.8 Å². The van der Waals surface area contributed by atoms with E-state index in [0.29, 0.717) is 10.7 Å². The maximum Gasteiger partial charge on any atom is 0.260 e. The van der Waals surface area contributed by atoms with Crippen molar-refractivity contribution in [3.63, 3.8) is 0 Å². The second-order valence-corrected chi connectivity index (χ2v) is 8.20. The Labute approximate surface area is 158 Å². The molecule has 26 heavy (non-hydrogen) atoms. The van der Waals surface area contributed by atoms with E-state index in [0.717, 1.165) is 27.3 Å². The highest BCUT2D eigenvalue weighted by Crippen LogP contribution is 2.26. The predicted octanol–water partition coefficient (Wildman–Crippen LogP) is 2.87. The molecule has 0 heterocycles. The van der Waals surface area contributed by atoms with Crippen LogP contribution >= 0.6 is 11.6 Å². The third-order valence-corrected chi connectivity index (χ3v) is 5.01. The van der Waals surface area contributed by atoms with Gasteiger partial charge in [-0.2, -0.15) is 5.10 Å². The summed E-state index contributed by atoms with van der Waals surface area (Å²) < 4.78 is 25.5. The third-order valence-electron chi connectivity index (χ3n) is 3.65. The predicted molar refractivity (Wildman–Crippen MR) is 105 cm³/mol. The number of hydrogen-bond acceptors (Lipinski definition) is 4. The second kappa shape index (κ2) is 8.33. The number of hydrazone groups is 1. The number of para-hydroxylation sites is 1. The molecule has 0 aliphatic carbocycles. The van der Waals surface area contributed by atoms with Crippen LogP contribution < -0.4 is 9.73 Å². The molecule has 0 spiro atoms. The fourth-order valence-corrected chi connectivity index (χ4v) is 3.55. The molecule has 0 bridgehead atoms. The van der Waals surface area contributed by atoms with Gasteiger partial charge in [0.05, 0.1) is 18.2 Å². The lowest BCUT2D eigenvalue weighted by Gasteiger charge is -2.25. The number of nitrogens with one attached hydrogen (secondary N) is 1. The molecule has 0 saturated heterocycles. The monoisotopic (exact) mass is 393 g/mol. The van der Waals surface area contributed by atoms with Gasteiger partial charge in [0.15, 0.2) is 0 Å². The van der Waals surface area contributed by atoms with Crippen LogP contribution in [-0.4, -0.2) is 33.3 Å². The molecule has 6 nitrogen and oxygen atoms in total. The number of aryl methyl sites for hydroxylation is 2. The lowest BCUT2D eigenvalue weighted by Crippen LogP contribution is -2.39. The Kier molecular flexibility index (Phi) is 6.39. The van der Waals surface area contributed by atoms with E-state index in [9.17, 15) is 13.2 Å². The highest BCUT2D eigenvalue weighted by Gasteiger charge is 2.23. The van der Waals surface area contributed by atoms with Crippen LogP contribution in [0.3, 0.4) is 0 Å². The lowest BCUT2D eigenvalue weighted by molar-refractivity contribution is -0.119. The first kappa shape index (κ1) is 19.9. The van der Waals surface area contributed by atoms with Gasteiger partial charge >= 0.3 is 0 Å². The molecule has 0 fully saturated rings. The van der Waals surface area contributed by atoms with Crippen molar-refractivity contribution in [2.24, 2.45) is 5.10 Å². The van der Waals surface area contributed by atoms with Crippen molar-refractivity contribution in [1.29, 1.82) is 0 Å². The third kappa shape index (κ3) is 5.31. The number of amides is 1. The molecule has 0 aromatic heterocycles. The number of hydrogen-bond donors (Lipinski definition) is 1. The molecule has 8 heteroatoms. The van der Waals surface area contributed by atoms with Gasteiger partial charge in [0, 0.05) is 5.02 Å². The summed E-state index contributed by atoms with van der Waals surface area (Å²) in [5.74, 6) is -0.539. The van der Waals surface area contributed by atoms with E-state index < -0.39 is 15.9 Å². The van der Waals surface area contributed by atoms with Crippen molar-refractivity contribution in [2.45, 2.75) is 13.8 Å². The number of rotatable bonds is 6. The van der Waals surface area contributed by atoms with E-state index >= 15 is 0 Å². The first-order chi connectivity index (χ1) is 12.2. The van der Waals surface area contributed by atoms with Crippen molar-refractivity contribution in [3.05, 3.63) is 64.2 Å². The van der Waals surface area contributed by atoms with Gasteiger partial charge in [0.25, 0.3) is 5.91 Å². The Morgan fingerprint density at radius 1 is 1.15 bits per heavy atom. The molecule has 0 radical (unpaired) electrons. The van der Waals surface area contributed by atoms with E-state index in [1.807, 2.05) is 6.07 Å². The number of benzene rings is 2. The summed E-state index contributed by atoms with van der Waals surface area (Å²) in [4.78, 5) is 12.2. The fraction of sp³-hybridized carbons (Fsp3) is 0.222. The number of nitrogens with zero attached hydrogens (tertiary/aromatic N) is 2. The van der Waals surface area contributed by atoms with Gasteiger partial charge in [-0.15, -0.1) is 0 Å². The zero-order valence-corrected chi connectivity index (χ0v) is 16.3. The van der Waals surface area contributed by atoms with Gasteiger partial charge in [-0.3, -0.25) is 9.10 Å². The fourth-order valence-electron chi connectivity index (χ4n) is 2.45. The molecule has 138 valence electrons. The maximum absolute atomic E-state index is 12.2. The van der Waals surface area contributed by atoms with Crippen molar-refractivity contribution < 1.29 is 13.2 Å². The average molecular weight is 394 g/mol. The van der Waals surface area contributed by atoms with Crippen LogP contribution in [-0.2, 0) is 14.8 Å². The summed E-state index contributed by atoms with van der Waals surface area (Å²) in [5, 5.41) is 4.46. The normalized spacial score (nSPS) is 11.5. The van der Waals surface area contributed by atoms with Gasteiger partial charge < -0.3 is 0 Å². The molecular formula is C18H20ClN3O3S. The highest BCUT2D eigenvalue weighted by atomic mass is 35.5.